The molecule has 1 heterocycles. The monoisotopic (exact) mass is 240 g/mol. The molecule has 0 unspecified atom stereocenters. The predicted molar refractivity (Wildman–Crippen MR) is 62.1 cm³/mol. The van der Waals surface area contributed by atoms with E-state index in [0.717, 1.165) is 0 Å². The number of hydrogen-bond donors (Lipinski definition) is 2. The van der Waals surface area contributed by atoms with Crippen molar-refractivity contribution in [2.75, 3.05) is 0 Å². The van der Waals surface area contributed by atoms with Crippen molar-refractivity contribution in [2.24, 2.45) is 0 Å². The maximum atomic E-state index is 9.50. The second-order valence-electron chi connectivity index (χ2n) is 2.74. The maximum absolute atomic E-state index is 9.50. The van der Waals surface area contributed by atoms with Crippen molar-refractivity contribution in [2.45, 2.75) is 0 Å². The van der Waals surface area contributed by atoms with Gasteiger partial charge in [-0.3, -0.25) is 0 Å². The predicted octanol–water partition coefficient (Wildman–Crippen LogP) is 3.47. The van der Waals surface area contributed by atoms with Crippen molar-refractivity contribution in [1.82, 2.24) is 0 Å². The molecule has 0 saturated heterocycles. The molecule has 78 valence electrons. The summed E-state index contributed by atoms with van der Waals surface area (Å²) in [6.07, 6.45) is 0. The zero-order valence-electron chi connectivity index (χ0n) is 7.58. The van der Waals surface area contributed by atoms with E-state index in [1.54, 1.807) is 12.1 Å². The number of hydrogen-bond acceptors (Lipinski definition) is 5. The highest BCUT2D eigenvalue weighted by Gasteiger charge is 2.14. The van der Waals surface area contributed by atoms with Gasteiger partial charge in [0.25, 0.3) is 0 Å². The van der Waals surface area contributed by atoms with Gasteiger partial charge in [-0.25, -0.2) is 0 Å². The molecule has 0 radical (unpaired) electrons. The molecule has 0 bridgehead atoms. The Kier molecular flexibility index (Phi) is 3.03. The van der Waals surface area contributed by atoms with Crippen LogP contribution in [0.5, 0.6) is 22.3 Å². The van der Waals surface area contributed by atoms with E-state index in [2.05, 4.69) is 12.9 Å². The molecule has 0 amide bonds. The van der Waals surface area contributed by atoms with E-state index in [-0.39, 0.29) is 5.75 Å². The summed E-state index contributed by atoms with van der Waals surface area (Å²) < 4.78 is 10.2. The molecular formula is C10H8O3S2. The molecule has 1 aromatic heterocycles. The van der Waals surface area contributed by atoms with E-state index in [1.165, 1.54) is 16.7 Å². The lowest BCUT2D eigenvalue weighted by atomic mass is 10.3. The van der Waals surface area contributed by atoms with Crippen LogP contribution in [0, 0.1) is 0 Å². The number of para-hydroxylation sites is 1. The Balaban J connectivity index is 2.27. The summed E-state index contributed by atoms with van der Waals surface area (Å²) in [6, 6.07) is 9.16. The van der Waals surface area contributed by atoms with Gasteiger partial charge in [0, 0.05) is 18.3 Å². The van der Waals surface area contributed by atoms with Crippen LogP contribution in [-0.2, 0) is 0 Å². The Morgan fingerprint density at radius 2 is 1.93 bits per heavy atom. The van der Waals surface area contributed by atoms with E-state index in [4.69, 9.17) is 8.92 Å². The van der Waals surface area contributed by atoms with Gasteiger partial charge >= 0.3 is 0 Å². The van der Waals surface area contributed by atoms with Gasteiger partial charge in [0.05, 0.1) is 0 Å². The quantitative estimate of drug-likeness (QED) is 0.637. The number of rotatable bonds is 3. The fourth-order valence-electron chi connectivity index (χ4n) is 1.08. The topological polar surface area (TPSA) is 38.7 Å². The minimum Gasteiger partial charge on any atom is -0.504 e. The molecule has 0 fully saturated rings. The number of benzene rings is 1. The van der Waals surface area contributed by atoms with Gasteiger partial charge in [0.15, 0.2) is 5.75 Å². The smallest absolute Gasteiger partial charge is 0.237 e. The Bertz CT molecular complexity index is 439. The Morgan fingerprint density at radius 1 is 1.20 bits per heavy atom. The van der Waals surface area contributed by atoms with Gasteiger partial charge in [-0.05, 0) is 12.1 Å². The summed E-state index contributed by atoms with van der Waals surface area (Å²) in [4.78, 5) is 0. The third-order valence-corrected chi connectivity index (χ3v) is 2.87. The van der Waals surface area contributed by atoms with E-state index in [1.807, 2.05) is 18.2 Å². The molecule has 3 nitrogen and oxygen atoms in total. The molecule has 1 aromatic carbocycles. The molecule has 15 heavy (non-hydrogen) atoms. The lowest BCUT2D eigenvalue weighted by Crippen LogP contribution is -1.83. The zero-order valence-corrected chi connectivity index (χ0v) is 9.29. The van der Waals surface area contributed by atoms with Gasteiger partial charge in [-0.2, -0.15) is 0 Å². The molecule has 2 rings (SSSR count). The van der Waals surface area contributed by atoms with E-state index in [0.29, 0.717) is 16.6 Å². The standard InChI is InChI=1S/C10H8O3S2/c11-8-6-15-10(13-14)9(8)12-7-4-2-1-3-5-7/h1-6,11,14H. The Morgan fingerprint density at radius 3 is 2.60 bits per heavy atom. The van der Waals surface area contributed by atoms with E-state index in [9.17, 15) is 5.11 Å². The fraction of sp³-hybridized carbons (Fsp3) is 0. The van der Waals surface area contributed by atoms with Gasteiger partial charge < -0.3 is 14.0 Å². The average molecular weight is 240 g/mol. The van der Waals surface area contributed by atoms with Crippen LogP contribution < -0.4 is 8.92 Å². The molecule has 5 heteroatoms. The van der Waals surface area contributed by atoms with Crippen molar-refractivity contribution in [3.05, 3.63) is 35.7 Å². The first-order valence-corrected chi connectivity index (χ1v) is 5.40. The molecule has 0 spiro atoms. The first-order valence-electron chi connectivity index (χ1n) is 4.16. The third-order valence-electron chi connectivity index (χ3n) is 1.74. The second-order valence-corrected chi connectivity index (χ2v) is 3.77. The number of thiol groups is 1. The van der Waals surface area contributed by atoms with Crippen molar-refractivity contribution in [1.29, 1.82) is 0 Å². The molecule has 2 aromatic rings. The molecule has 0 aliphatic carbocycles. The average Bonchev–Trinajstić information content (AvgIpc) is 2.62. The number of aromatic hydroxyl groups is 1. The van der Waals surface area contributed by atoms with Crippen LogP contribution in [0.3, 0.4) is 0 Å². The lowest BCUT2D eigenvalue weighted by molar-refractivity contribution is 0.406. The first-order chi connectivity index (χ1) is 7.31. The largest absolute Gasteiger partial charge is 0.504 e. The maximum Gasteiger partial charge on any atom is 0.237 e. The number of ether oxygens (including phenoxy) is 1. The van der Waals surface area contributed by atoms with Gasteiger partial charge in [0.1, 0.15) is 5.75 Å². The van der Waals surface area contributed by atoms with Crippen molar-refractivity contribution >= 4 is 24.2 Å². The first kappa shape index (κ1) is 10.2. The Labute approximate surface area is 96.5 Å². The molecule has 0 aliphatic rings. The van der Waals surface area contributed by atoms with Crippen LogP contribution in [0.4, 0.5) is 0 Å². The molecular weight excluding hydrogens is 232 g/mol. The van der Waals surface area contributed by atoms with Crippen LogP contribution in [-0.4, -0.2) is 5.11 Å². The lowest BCUT2D eigenvalue weighted by Gasteiger charge is -2.05. The van der Waals surface area contributed by atoms with Crippen molar-refractivity contribution in [3.8, 4) is 22.3 Å². The highest BCUT2D eigenvalue weighted by Crippen LogP contribution is 2.45. The summed E-state index contributed by atoms with van der Waals surface area (Å²) in [5.74, 6) is 0.979. The van der Waals surface area contributed by atoms with E-state index < -0.39 is 0 Å². The SMILES string of the molecule is Oc1csc(OS)c1Oc1ccccc1. The minimum atomic E-state index is 0.0490. The highest BCUT2D eigenvalue weighted by molar-refractivity contribution is 7.75. The number of thiophene rings is 1. The summed E-state index contributed by atoms with van der Waals surface area (Å²) in [6.45, 7) is 0. The molecule has 0 aliphatic heterocycles. The summed E-state index contributed by atoms with van der Waals surface area (Å²) in [5, 5.41) is 11.5. The molecule has 0 atom stereocenters. The third kappa shape index (κ3) is 2.19. The van der Waals surface area contributed by atoms with Gasteiger partial charge in [-0.15, -0.1) is 0 Å². The van der Waals surface area contributed by atoms with Crippen LogP contribution in [0.1, 0.15) is 0 Å². The van der Waals surface area contributed by atoms with Crippen LogP contribution in [0.15, 0.2) is 35.7 Å². The van der Waals surface area contributed by atoms with Gasteiger partial charge in [0.2, 0.25) is 10.8 Å². The van der Waals surface area contributed by atoms with E-state index >= 15 is 0 Å². The fourth-order valence-corrected chi connectivity index (χ4v) is 1.92. The highest BCUT2D eigenvalue weighted by atomic mass is 32.1. The van der Waals surface area contributed by atoms with Crippen LogP contribution in [0.2, 0.25) is 0 Å². The van der Waals surface area contributed by atoms with Gasteiger partial charge in [-0.1, -0.05) is 29.5 Å². The Hall–Kier alpha value is -1.33. The minimum absolute atomic E-state index is 0.0490. The van der Waals surface area contributed by atoms with Crippen LogP contribution in [0.25, 0.3) is 0 Å². The van der Waals surface area contributed by atoms with Crippen molar-refractivity contribution in [3.63, 3.8) is 0 Å². The summed E-state index contributed by atoms with van der Waals surface area (Å²) >= 11 is 4.90. The normalized spacial score (nSPS) is 9.93. The summed E-state index contributed by atoms with van der Waals surface area (Å²) in [7, 11) is 0. The van der Waals surface area contributed by atoms with Crippen molar-refractivity contribution < 1.29 is 14.0 Å². The molecule has 0 saturated carbocycles. The molecule has 1 N–H and O–H groups in total. The summed E-state index contributed by atoms with van der Waals surface area (Å²) in [5.41, 5.74) is 0. The van der Waals surface area contributed by atoms with Crippen LogP contribution >= 0.6 is 24.2 Å². The zero-order chi connectivity index (χ0) is 10.7. The second kappa shape index (κ2) is 4.46.